The zero-order chi connectivity index (χ0) is 18.5. The van der Waals surface area contributed by atoms with Crippen LogP contribution in [-0.2, 0) is 4.74 Å². The maximum Gasteiger partial charge on any atom is 0.340 e. The number of esters is 1. The van der Waals surface area contributed by atoms with Gasteiger partial charge < -0.3 is 19.2 Å². The number of aromatic nitrogens is 2. The first-order chi connectivity index (χ1) is 12.7. The van der Waals surface area contributed by atoms with Gasteiger partial charge in [-0.2, -0.15) is 0 Å². The smallest absolute Gasteiger partial charge is 0.340 e. The average Bonchev–Trinajstić information content (AvgIpc) is 3.09. The van der Waals surface area contributed by atoms with E-state index in [1.165, 1.54) is 0 Å². The van der Waals surface area contributed by atoms with Gasteiger partial charge in [-0.3, -0.25) is 0 Å². The van der Waals surface area contributed by atoms with Crippen molar-refractivity contribution in [1.82, 2.24) is 9.97 Å². The van der Waals surface area contributed by atoms with Crippen molar-refractivity contribution in [2.75, 3.05) is 20.8 Å². The van der Waals surface area contributed by atoms with Crippen LogP contribution >= 0.6 is 0 Å². The lowest BCUT2D eigenvalue weighted by Gasteiger charge is -2.07. The van der Waals surface area contributed by atoms with E-state index < -0.39 is 0 Å². The molecule has 26 heavy (non-hydrogen) atoms. The summed E-state index contributed by atoms with van der Waals surface area (Å²) in [7, 11) is 3.20. The highest BCUT2D eigenvalue weighted by atomic mass is 16.5. The van der Waals surface area contributed by atoms with Crippen LogP contribution in [0.15, 0.2) is 36.4 Å². The third-order valence-corrected chi connectivity index (χ3v) is 3.87. The number of ether oxygens (including phenoxy) is 3. The summed E-state index contributed by atoms with van der Waals surface area (Å²) >= 11 is 0. The molecule has 0 spiro atoms. The maximum atomic E-state index is 12.1. The van der Waals surface area contributed by atoms with Gasteiger partial charge in [0.2, 0.25) is 0 Å². The molecule has 2 aromatic carbocycles. The minimum Gasteiger partial charge on any atom is -0.493 e. The number of hydrogen-bond acceptors (Lipinski definition) is 5. The van der Waals surface area contributed by atoms with Gasteiger partial charge >= 0.3 is 5.97 Å². The molecule has 0 aliphatic carbocycles. The van der Waals surface area contributed by atoms with Gasteiger partial charge in [-0.15, -0.1) is 0 Å². The second-order valence-electron chi connectivity index (χ2n) is 5.49. The number of hydrogen-bond donors (Lipinski definition) is 1. The van der Waals surface area contributed by atoms with E-state index in [1.54, 1.807) is 33.3 Å². The van der Waals surface area contributed by atoms with Crippen molar-refractivity contribution in [3.05, 3.63) is 53.3 Å². The fourth-order valence-electron chi connectivity index (χ4n) is 2.64. The summed E-state index contributed by atoms with van der Waals surface area (Å²) in [6.45, 7) is 2.10. The van der Waals surface area contributed by atoms with E-state index in [2.05, 4.69) is 9.97 Å². The molecular weight excluding hydrogens is 332 g/mol. The molecule has 3 rings (SSSR count). The van der Waals surface area contributed by atoms with Gasteiger partial charge in [-0.1, -0.05) is 18.2 Å². The summed E-state index contributed by atoms with van der Waals surface area (Å²) in [5.74, 6) is 1.60. The molecule has 134 valence electrons. The summed E-state index contributed by atoms with van der Waals surface area (Å²) in [6, 6.07) is 11.0. The number of carbonyl (C=O) groups is 1. The van der Waals surface area contributed by atoms with Crippen LogP contribution in [0, 0.1) is 0 Å². The molecule has 3 aromatic rings. The van der Waals surface area contributed by atoms with E-state index in [9.17, 15) is 4.79 Å². The van der Waals surface area contributed by atoms with Crippen molar-refractivity contribution in [3.63, 3.8) is 0 Å². The van der Waals surface area contributed by atoms with E-state index in [1.807, 2.05) is 36.4 Å². The van der Waals surface area contributed by atoms with Gasteiger partial charge in [-0.05, 0) is 42.8 Å². The van der Waals surface area contributed by atoms with Crippen molar-refractivity contribution >= 4 is 29.2 Å². The first-order valence-corrected chi connectivity index (χ1v) is 8.22. The number of para-hydroxylation sites is 1. The number of imidazole rings is 1. The van der Waals surface area contributed by atoms with Crippen molar-refractivity contribution in [2.45, 2.75) is 6.92 Å². The number of nitrogens with zero attached hydrogens (tertiary/aromatic N) is 1. The Morgan fingerprint density at radius 2 is 1.92 bits per heavy atom. The Hall–Kier alpha value is -3.28. The second kappa shape index (κ2) is 7.74. The van der Waals surface area contributed by atoms with Crippen LogP contribution in [0.4, 0.5) is 0 Å². The van der Waals surface area contributed by atoms with Crippen molar-refractivity contribution in [2.24, 2.45) is 0 Å². The van der Waals surface area contributed by atoms with Crippen LogP contribution in [0.2, 0.25) is 0 Å². The fourth-order valence-corrected chi connectivity index (χ4v) is 2.64. The number of benzene rings is 2. The number of methoxy groups -OCH3 is 2. The third-order valence-electron chi connectivity index (χ3n) is 3.87. The van der Waals surface area contributed by atoms with E-state index in [0.29, 0.717) is 35.0 Å². The van der Waals surface area contributed by atoms with E-state index >= 15 is 0 Å². The van der Waals surface area contributed by atoms with Crippen molar-refractivity contribution in [3.8, 4) is 11.5 Å². The van der Waals surface area contributed by atoms with Gasteiger partial charge in [0, 0.05) is 0 Å². The average molecular weight is 352 g/mol. The second-order valence-corrected chi connectivity index (χ2v) is 5.49. The van der Waals surface area contributed by atoms with Crippen LogP contribution in [0.3, 0.4) is 0 Å². The minimum absolute atomic E-state index is 0.325. The molecule has 0 saturated carbocycles. The topological polar surface area (TPSA) is 73.4 Å². The molecular formula is C20H20N2O4. The highest BCUT2D eigenvalue weighted by Gasteiger charge is 2.13. The summed E-state index contributed by atoms with van der Waals surface area (Å²) in [5.41, 5.74) is 2.76. The Balaban J connectivity index is 1.91. The number of rotatable bonds is 6. The maximum absolute atomic E-state index is 12.1. The first-order valence-electron chi connectivity index (χ1n) is 8.22. The Morgan fingerprint density at radius 3 is 2.65 bits per heavy atom. The standard InChI is InChI=1S/C20H20N2O4/c1-4-26-20(23)14-6-5-7-15-19(14)22-18(21-15)11-9-13-8-10-16(24-2)17(12-13)25-3/h5-12H,4H2,1-3H3,(H,21,22). The van der Waals surface area contributed by atoms with Gasteiger partial charge in [0.15, 0.2) is 11.5 Å². The molecule has 0 fully saturated rings. The van der Waals surface area contributed by atoms with Crippen LogP contribution in [0.5, 0.6) is 11.5 Å². The first kappa shape index (κ1) is 17.5. The highest BCUT2D eigenvalue weighted by molar-refractivity contribution is 6.02. The molecule has 0 aliphatic heterocycles. The molecule has 0 amide bonds. The number of aromatic amines is 1. The van der Waals surface area contributed by atoms with Crippen LogP contribution < -0.4 is 9.47 Å². The Morgan fingerprint density at radius 1 is 1.12 bits per heavy atom. The molecule has 0 bridgehead atoms. The lowest BCUT2D eigenvalue weighted by atomic mass is 10.2. The quantitative estimate of drug-likeness (QED) is 0.681. The lowest BCUT2D eigenvalue weighted by Crippen LogP contribution is -2.05. The Bertz CT molecular complexity index is 960. The molecule has 0 aliphatic rings. The van der Waals surface area contributed by atoms with E-state index in [4.69, 9.17) is 14.2 Å². The van der Waals surface area contributed by atoms with Gasteiger partial charge in [-0.25, -0.2) is 9.78 Å². The minimum atomic E-state index is -0.375. The predicted octanol–water partition coefficient (Wildman–Crippen LogP) is 3.93. The predicted molar refractivity (Wildman–Crippen MR) is 101 cm³/mol. The monoisotopic (exact) mass is 352 g/mol. The summed E-state index contributed by atoms with van der Waals surface area (Å²) in [5, 5.41) is 0. The molecule has 0 unspecified atom stereocenters. The number of carbonyl (C=O) groups excluding carboxylic acids is 1. The van der Waals surface area contributed by atoms with Gasteiger partial charge in [0.25, 0.3) is 0 Å². The van der Waals surface area contributed by atoms with Crippen LogP contribution in [0.25, 0.3) is 23.2 Å². The Labute approximate surface area is 151 Å². The van der Waals surface area contributed by atoms with Gasteiger partial charge in [0.05, 0.1) is 31.9 Å². The van der Waals surface area contributed by atoms with E-state index in [-0.39, 0.29) is 5.97 Å². The zero-order valence-electron chi connectivity index (χ0n) is 14.9. The van der Waals surface area contributed by atoms with E-state index in [0.717, 1.165) is 11.1 Å². The molecule has 0 radical (unpaired) electrons. The number of fused-ring (bicyclic) bond motifs is 1. The number of nitrogens with one attached hydrogen (secondary N) is 1. The zero-order valence-corrected chi connectivity index (χ0v) is 14.9. The van der Waals surface area contributed by atoms with Crippen LogP contribution in [0.1, 0.15) is 28.7 Å². The molecule has 1 heterocycles. The molecule has 6 nitrogen and oxygen atoms in total. The summed E-state index contributed by atoms with van der Waals surface area (Å²) in [6.07, 6.45) is 3.75. The molecule has 6 heteroatoms. The van der Waals surface area contributed by atoms with Gasteiger partial charge in [0.1, 0.15) is 11.3 Å². The molecule has 0 saturated heterocycles. The van der Waals surface area contributed by atoms with Crippen molar-refractivity contribution in [1.29, 1.82) is 0 Å². The van der Waals surface area contributed by atoms with Crippen molar-refractivity contribution < 1.29 is 19.0 Å². The third kappa shape index (κ3) is 3.54. The SMILES string of the molecule is CCOC(=O)c1cccc2[nH]c(C=Cc3ccc(OC)c(OC)c3)nc12. The normalized spacial score (nSPS) is 11.0. The molecule has 0 atom stereocenters. The Kier molecular flexibility index (Phi) is 5.22. The summed E-state index contributed by atoms with van der Waals surface area (Å²) in [4.78, 5) is 19.8. The lowest BCUT2D eigenvalue weighted by molar-refractivity contribution is 0.0528. The fraction of sp³-hybridized carbons (Fsp3) is 0.200. The summed E-state index contributed by atoms with van der Waals surface area (Å²) < 4.78 is 15.6. The largest absolute Gasteiger partial charge is 0.493 e. The number of H-pyrrole nitrogens is 1. The molecule has 1 N–H and O–H groups in total. The highest BCUT2D eigenvalue weighted by Crippen LogP contribution is 2.28. The van der Waals surface area contributed by atoms with Crippen LogP contribution in [-0.4, -0.2) is 36.8 Å². The molecule has 1 aromatic heterocycles.